The van der Waals surface area contributed by atoms with Crippen molar-refractivity contribution in [2.45, 2.75) is 0 Å². The molecule has 4 aromatic rings. The Morgan fingerprint density at radius 3 is 2.68 bits per heavy atom. The summed E-state index contributed by atoms with van der Waals surface area (Å²) in [5, 5.41) is 9.03. The van der Waals surface area contributed by atoms with Gasteiger partial charge in [0.25, 0.3) is 5.91 Å². The lowest BCUT2D eigenvalue weighted by Gasteiger charge is -2.10. The highest BCUT2D eigenvalue weighted by Crippen LogP contribution is 2.24. The summed E-state index contributed by atoms with van der Waals surface area (Å²) < 4.78 is 0. The minimum atomic E-state index is -0.111. The Bertz CT molecular complexity index is 1030. The van der Waals surface area contributed by atoms with Gasteiger partial charge in [0.05, 0.1) is 10.4 Å². The molecular formula is C19H14N4OS. The topological polar surface area (TPSA) is 66.9 Å². The Morgan fingerprint density at radius 1 is 0.920 bits per heavy atom. The number of carbonyl (C=O) groups is 1. The molecule has 0 unspecified atom stereocenters. The molecule has 0 aliphatic carbocycles. The summed E-state index contributed by atoms with van der Waals surface area (Å²) >= 11 is 1.41. The van der Waals surface area contributed by atoms with E-state index in [2.05, 4.69) is 20.6 Å². The van der Waals surface area contributed by atoms with E-state index in [4.69, 9.17) is 0 Å². The molecule has 0 spiro atoms. The number of fused-ring (bicyclic) bond motifs is 1. The first kappa shape index (κ1) is 15.3. The number of hydrogen-bond donors (Lipinski definition) is 2. The number of amides is 1. The van der Waals surface area contributed by atoms with Crippen molar-refractivity contribution in [1.82, 2.24) is 9.97 Å². The Kier molecular flexibility index (Phi) is 4.10. The van der Waals surface area contributed by atoms with Crippen LogP contribution in [0.4, 0.5) is 17.2 Å². The van der Waals surface area contributed by atoms with Gasteiger partial charge in [-0.2, -0.15) is 0 Å². The van der Waals surface area contributed by atoms with Crippen LogP contribution in [-0.4, -0.2) is 15.9 Å². The van der Waals surface area contributed by atoms with Gasteiger partial charge >= 0.3 is 0 Å². The zero-order valence-electron chi connectivity index (χ0n) is 13.1. The van der Waals surface area contributed by atoms with Gasteiger partial charge in [-0.25, -0.2) is 9.97 Å². The second kappa shape index (κ2) is 6.70. The minimum Gasteiger partial charge on any atom is -0.340 e. The van der Waals surface area contributed by atoms with E-state index in [-0.39, 0.29) is 5.91 Å². The second-order valence-corrected chi connectivity index (χ2v) is 6.32. The third kappa shape index (κ3) is 3.34. The predicted octanol–water partition coefficient (Wildman–Crippen LogP) is 4.69. The van der Waals surface area contributed by atoms with Crippen LogP contribution in [0.15, 0.2) is 72.4 Å². The molecule has 6 heteroatoms. The second-order valence-electron chi connectivity index (χ2n) is 5.38. The molecule has 0 radical (unpaired) electrons. The van der Waals surface area contributed by atoms with Gasteiger partial charge in [0.1, 0.15) is 12.1 Å². The lowest BCUT2D eigenvalue weighted by atomic mass is 10.2. The fourth-order valence-corrected chi connectivity index (χ4v) is 3.14. The molecular weight excluding hydrogens is 332 g/mol. The van der Waals surface area contributed by atoms with E-state index in [0.29, 0.717) is 4.88 Å². The molecule has 0 atom stereocenters. The summed E-state index contributed by atoms with van der Waals surface area (Å²) in [5.74, 6) is 0.618. The SMILES string of the molecule is O=C(Nc1cccc(Nc2ncnc3ccccc23)c1)c1cccs1. The molecule has 2 N–H and O–H groups in total. The van der Waals surface area contributed by atoms with E-state index >= 15 is 0 Å². The lowest BCUT2D eigenvalue weighted by Crippen LogP contribution is -2.10. The summed E-state index contributed by atoms with van der Waals surface area (Å²) in [5.41, 5.74) is 2.44. The van der Waals surface area contributed by atoms with Crippen molar-refractivity contribution in [2.24, 2.45) is 0 Å². The van der Waals surface area contributed by atoms with Crippen LogP contribution in [-0.2, 0) is 0 Å². The Hall–Kier alpha value is -3.25. The number of nitrogens with one attached hydrogen (secondary N) is 2. The minimum absolute atomic E-state index is 0.111. The highest BCUT2D eigenvalue weighted by atomic mass is 32.1. The van der Waals surface area contributed by atoms with E-state index in [1.807, 2.05) is 60.0 Å². The average Bonchev–Trinajstić information content (AvgIpc) is 3.17. The molecule has 2 aromatic heterocycles. The average molecular weight is 346 g/mol. The third-order valence-electron chi connectivity index (χ3n) is 3.67. The van der Waals surface area contributed by atoms with Crippen LogP contribution < -0.4 is 10.6 Å². The summed E-state index contributed by atoms with van der Waals surface area (Å²) in [6.07, 6.45) is 1.53. The molecule has 4 rings (SSSR count). The highest BCUT2D eigenvalue weighted by molar-refractivity contribution is 7.12. The van der Waals surface area contributed by atoms with Gasteiger partial charge in [0.15, 0.2) is 0 Å². The van der Waals surface area contributed by atoms with E-state index in [1.165, 1.54) is 17.7 Å². The third-order valence-corrected chi connectivity index (χ3v) is 4.54. The lowest BCUT2D eigenvalue weighted by molar-refractivity contribution is 0.103. The number of aromatic nitrogens is 2. The summed E-state index contributed by atoms with van der Waals surface area (Å²) in [7, 11) is 0. The monoisotopic (exact) mass is 346 g/mol. The molecule has 0 saturated heterocycles. The normalized spacial score (nSPS) is 10.6. The molecule has 1 amide bonds. The molecule has 0 aliphatic heterocycles. The number of thiophene rings is 1. The molecule has 5 nitrogen and oxygen atoms in total. The van der Waals surface area contributed by atoms with Gasteiger partial charge in [0.2, 0.25) is 0 Å². The van der Waals surface area contributed by atoms with E-state index in [9.17, 15) is 4.79 Å². The fraction of sp³-hybridized carbons (Fsp3) is 0. The summed E-state index contributed by atoms with van der Waals surface area (Å²) in [4.78, 5) is 21.4. The number of anilines is 3. The van der Waals surface area contributed by atoms with Crippen molar-refractivity contribution in [1.29, 1.82) is 0 Å². The van der Waals surface area contributed by atoms with Crippen molar-refractivity contribution >= 4 is 45.3 Å². The number of nitrogens with zero attached hydrogens (tertiary/aromatic N) is 2. The standard InChI is InChI=1S/C19H14N4OS/c24-19(17-9-4-10-25-17)23-14-6-3-5-13(11-14)22-18-15-7-1-2-8-16(15)20-12-21-18/h1-12H,(H,23,24)(H,20,21,22). The van der Waals surface area contributed by atoms with Crippen LogP contribution in [0.25, 0.3) is 10.9 Å². The Labute approximate surface area is 148 Å². The van der Waals surface area contributed by atoms with Crippen molar-refractivity contribution in [3.63, 3.8) is 0 Å². The van der Waals surface area contributed by atoms with Gasteiger partial charge in [-0.1, -0.05) is 24.3 Å². The number of benzene rings is 2. The molecule has 122 valence electrons. The zero-order chi connectivity index (χ0) is 17.1. The number of para-hydroxylation sites is 1. The van der Waals surface area contributed by atoms with Crippen LogP contribution in [0, 0.1) is 0 Å². The number of rotatable bonds is 4. The maximum atomic E-state index is 12.2. The maximum Gasteiger partial charge on any atom is 0.265 e. The van der Waals surface area contributed by atoms with Crippen molar-refractivity contribution in [3.8, 4) is 0 Å². The molecule has 0 bridgehead atoms. The highest BCUT2D eigenvalue weighted by Gasteiger charge is 2.08. The fourth-order valence-electron chi connectivity index (χ4n) is 2.52. The molecule has 0 aliphatic rings. The molecule has 0 fully saturated rings. The van der Waals surface area contributed by atoms with Gasteiger partial charge in [-0.15, -0.1) is 11.3 Å². The molecule has 25 heavy (non-hydrogen) atoms. The van der Waals surface area contributed by atoms with Crippen LogP contribution in [0.5, 0.6) is 0 Å². The molecule has 2 heterocycles. The van der Waals surface area contributed by atoms with E-state index < -0.39 is 0 Å². The van der Waals surface area contributed by atoms with Gasteiger partial charge in [-0.3, -0.25) is 4.79 Å². The van der Waals surface area contributed by atoms with Crippen LogP contribution >= 0.6 is 11.3 Å². The van der Waals surface area contributed by atoms with Crippen LogP contribution in [0.3, 0.4) is 0 Å². The zero-order valence-corrected chi connectivity index (χ0v) is 14.0. The first-order valence-corrected chi connectivity index (χ1v) is 8.59. The number of carbonyl (C=O) groups excluding carboxylic acids is 1. The van der Waals surface area contributed by atoms with E-state index in [1.54, 1.807) is 6.07 Å². The van der Waals surface area contributed by atoms with E-state index in [0.717, 1.165) is 28.1 Å². The molecule has 0 saturated carbocycles. The first-order valence-electron chi connectivity index (χ1n) is 7.71. The van der Waals surface area contributed by atoms with Crippen molar-refractivity contribution in [2.75, 3.05) is 10.6 Å². The summed E-state index contributed by atoms with van der Waals surface area (Å²) in [6, 6.07) is 19.0. The smallest absolute Gasteiger partial charge is 0.265 e. The largest absolute Gasteiger partial charge is 0.340 e. The van der Waals surface area contributed by atoms with Crippen LogP contribution in [0.1, 0.15) is 9.67 Å². The molecule has 2 aromatic carbocycles. The first-order chi connectivity index (χ1) is 12.3. The van der Waals surface area contributed by atoms with Crippen molar-refractivity contribution < 1.29 is 4.79 Å². The van der Waals surface area contributed by atoms with Crippen molar-refractivity contribution in [3.05, 3.63) is 77.2 Å². The quantitative estimate of drug-likeness (QED) is 0.563. The summed E-state index contributed by atoms with van der Waals surface area (Å²) in [6.45, 7) is 0. The maximum absolute atomic E-state index is 12.2. The number of hydrogen-bond acceptors (Lipinski definition) is 5. The predicted molar refractivity (Wildman–Crippen MR) is 102 cm³/mol. The van der Waals surface area contributed by atoms with Gasteiger partial charge < -0.3 is 10.6 Å². The van der Waals surface area contributed by atoms with Gasteiger partial charge in [-0.05, 0) is 41.8 Å². The Morgan fingerprint density at radius 2 is 1.80 bits per heavy atom. The van der Waals surface area contributed by atoms with Gasteiger partial charge in [0, 0.05) is 16.8 Å². The van der Waals surface area contributed by atoms with Crippen LogP contribution in [0.2, 0.25) is 0 Å². The Balaban J connectivity index is 1.58.